The number of aliphatic imine (C=N–C) groups is 1. The van der Waals surface area contributed by atoms with Crippen LogP contribution in [0.25, 0.3) is 0 Å². The van der Waals surface area contributed by atoms with Crippen LogP contribution in [0.4, 0.5) is 5.13 Å². The van der Waals surface area contributed by atoms with E-state index in [-0.39, 0.29) is 40.2 Å². The summed E-state index contributed by atoms with van der Waals surface area (Å²) >= 11 is 3.49. The topological polar surface area (TPSA) is 252 Å². The lowest BCUT2D eigenvalue weighted by Crippen LogP contribution is -2.71. The molecule has 1 saturated heterocycles. The van der Waals surface area contributed by atoms with Crippen molar-refractivity contribution in [3.05, 3.63) is 34.2 Å². The number of hydrogen-bond donors (Lipinski definition) is 6. The molecule has 19 heteroatoms. The van der Waals surface area contributed by atoms with Crippen molar-refractivity contribution in [2.24, 2.45) is 21.7 Å². The van der Waals surface area contributed by atoms with E-state index < -0.39 is 40.8 Å². The number of carbonyl (C=O) groups excluding carboxylic acids is 2. The Balaban J connectivity index is 1.52. The lowest BCUT2D eigenvalue weighted by atomic mass is 10.0. The van der Waals surface area contributed by atoms with Gasteiger partial charge in [-0.3, -0.25) is 19.5 Å². The number of aliphatic carboxylic acids is 2. The standard InChI is InChI=1S/C22H27N9O7S3/c1-3-22(2,19(36)37)38-29-12(10-8-40-20(24)26-10)15(32)28-13-16(33)31-14(18(34)35)9(6-39-17(13)31)7-41-21-27-11(23)4-5-30(21)25/h4,8,13,17H,3,5-7,23,25H2,1-2H3,(H2,24,26)(H,28,32)(H,34,35)(H,36,37)/b29-12-/t13?,17-,22+/m0/s1. The van der Waals surface area contributed by atoms with Crippen molar-refractivity contribution in [2.45, 2.75) is 37.3 Å². The molecule has 41 heavy (non-hydrogen) atoms. The molecule has 3 atom stereocenters. The first-order valence-corrected chi connectivity index (χ1v) is 14.9. The number of nitrogens with zero attached hydrogens (tertiary/aromatic N) is 5. The number of aromatic nitrogens is 1. The van der Waals surface area contributed by atoms with Crippen LogP contribution in [0.3, 0.4) is 0 Å². The third-order valence-electron chi connectivity index (χ3n) is 6.32. The highest BCUT2D eigenvalue weighted by molar-refractivity contribution is 8.14. The molecule has 0 aliphatic carbocycles. The minimum Gasteiger partial charge on any atom is -0.478 e. The molecule has 1 fully saturated rings. The van der Waals surface area contributed by atoms with E-state index in [0.29, 0.717) is 23.1 Å². The quantitative estimate of drug-likeness (QED) is 0.0831. The largest absolute Gasteiger partial charge is 0.478 e. The maximum Gasteiger partial charge on any atom is 0.352 e. The zero-order valence-corrected chi connectivity index (χ0v) is 24.2. The second-order valence-electron chi connectivity index (χ2n) is 9.07. The molecule has 1 unspecified atom stereocenters. The average molecular weight is 626 g/mol. The fourth-order valence-corrected chi connectivity index (χ4v) is 6.74. The van der Waals surface area contributed by atoms with Gasteiger partial charge in [-0.15, -0.1) is 23.1 Å². The van der Waals surface area contributed by atoms with E-state index in [9.17, 15) is 29.4 Å². The summed E-state index contributed by atoms with van der Waals surface area (Å²) in [5.74, 6) is 2.58. The molecule has 1 aromatic heterocycles. The van der Waals surface area contributed by atoms with Gasteiger partial charge in [-0.05, 0) is 25.0 Å². The van der Waals surface area contributed by atoms with Crippen molar-refractivity contribution in [3.8, 4) is 0 Å². The molecule has 3 aliphatic rings. The van der Waals surface area contributed by atoms with Crippen molar-refractivity contribution in [1.29, 1.82) is 0 Å². The van der Waals surface area contributed by atoms with E-state index in [4.69, 9.17) is 22.1 Å². The highest BCUT2D eigenvalue weighted by Crippen LogP contribution is 2.41. The van der Waals surface area contributed by atoms with Gasteiger partial charge < -0.3 is 31.8 Å². The molecule has 4 heterocycles. The summed E-state index contributed by atoms with van der Waals surface area (Å²) < 4.78 is 0. The van der Waals surface area contributed by atoms with Crippen LogP contribution in [0.1, 0.15) is 26.0 Å². The second-order valence-corrected chi connectivity index (χ2v) is 12.0. The predicted octanol–water partition coefficient (Wildman–Crippen LogP) is -0.483. The number of anilines is 1. The molecule has 0 saturated carbocycles. The summed E-state index contributed by atoms with van der Waals surface area (Å²) in [6, 6.07) is -1.08. The number of amides is 2. The van der Waals surface area contributed by atoms with Gasteiger partial charge in [0.15, 0.2) is 16.0 Å². The van der Waals surface area contributed by atoms with Crippen LogP contribution < -0.4 is 22.6 Å². The van der Waals surface area contributed by atoms with Gasteiger partial charge in [0.25, 0.3) is 11.8 Å². The zero-order valence-electron chi connectivity index (χ0n) is 21.8. The third kappa shape index (κ3) is 6.11. The Hall–Kier alpha value is -3.81. The first-order valence-electron chi connectivity index (χ1n) is 12.0. The number of fused-ring (bicyclic) bond motifs is 1. The fraction of sp³-hybridized carbons (Fsp3) is 0.409. The highest BCUT2D eigenvalue weighted by atomic mass is 32.2. The number of thiazole rings is 1. The number of carboxylic acid groups (broad SMARTS) is 2. The van der Waals surface area contributed by atoms with E-state index in [1.165, 1.54) is 40.8 Å². The molecule has 1 aromatic rings. The normalized spacial score (nSPS) is 22.2. The second kappa shape index (κ2) is 12.0. The molecule has 9 N–H and O–H groups in total. The minimum absolute atomic E-state index is 0.0225. The predicted molar refractivity (Wildman–Crippen MR) is 153 cm³/mol. The van der Waals surface area contributed by atoms with Gasteiger partial charge in [-0.1, -0.05) is 23.8 Å². The number of nitrogens with two attached hydrogens (primary N) is 3. The maximum atomic E-state index is 13.3. The number of nitrogens with one attached hydrogen (secondary N) is 1. The molecular formula is C22H27N9O7S3. The van der Waals surface area contributed by atoms with Crippen LogP contribution in [0.15, 0.2) is 38.7 Å². The number of rotatable bonds is 10. The van der Waals surface area contributed by atoms with E-state index in [1.807, 2.05) is 0 Å². The molecule has 3 aliphatic heterocycles. The molecule has 16 nitrogen and oxygen atoms in total. The van der Waals surface area contributed by atoms with Gasteiger partial charge >= 0.3 is 11.9 Å². The van der Waals surface area contributed by atoms with Crippen LogP contribution in [-0.2, 0) is 24.0 Å². The van der Waals surface area contributed by atoms with Gasteiger partial charge in [0.05, 0.1) is 6.54 Å². The molecule has 0 bridgehead atoms. The SMILES string of the molecule is CC[C@@](C)(O/N=C(\C(=O)NC1C(=O)N2C(C(=O)O)=C(CSC3=NC(N)=CCN3N)CS[C@@H]12)c1csc(N)n1)C(=O)O. The number of carbonyl (C=O) groups is 4. The number of oxime groups is 1. The number of carboxylic acids is 2. The number of hydrazine groups is 1. The Morgan fingerprint density at radius 3 is 2.68 bits per heavy atom. The van der Waals surface area contributed by atoms with E-state index in [2.05, 4.69) is 20.4 Å². The minimum atomic E-state index is -1.73. The van der Waals surface area contributed by atoms with Crippen LogP contribution >= 0.6 is 34.9 Å². The van der Waals surface area contributed by atoms with Crippen molar-refractivity contribution in [3.63, 3.8) is 0 Å². The highest BCUT2D eigenvalue weighted by Gasteiger charge is 2.54. The molecule has 2 amide bonds. The first kappa shape index (κ1) is 30.2. The Bertz CT molecular complexity index is 1410. The van der Waals surface area contributed by atoms with Gasteiger partial charge in [0.2, 0.25) is 5.60 Å². The summed E-state index contributed by atoms with van der Waals surface area (Å²) in [5.41, 5.74) is 9.66. The average Bonchev–Trinajstić information content (AvgIpc) is 3.36. The van der Waals surface area contributed by atoms with Crippen LogP contribution in [0.2, 0.25) is 0 Å². The van der Waals surface area contributed by atoms with Crippen LogP contribution in [-0.4, -0.2) is 94.8 Å². The lowest BCUT2D eigenvalue weighted by Gasteiger charge is -2.49. The first-order chi connectivity index (χ1) is 19.4. The summed E-state index contributed by atoms with van der Waals surface area (Å²) in [5, 5.41) is 28.4. The number of thioether (sulfide) groups is 2. The van der Waals surface area contributed by atoms with Gasteiger partial charge in [-0.2, -0.15) is 0 Å². The van der Waals surface area contributed by atoms with Crippen molar-refractivity contribution >= 4 is 74.6 Å². The molecule has 0 aromatic carbocycles. The monoisotopic (exact) mass is 625 g/mol. The van der Waals surface area contributed by atoms with Crippen LogP contribution in [0, 0.1) is 0 Å². The summed E-state index contributed by atoms with van der Waals surface area (Å²) in [4.78, 5) is 64.8. The Kier molecular flexibility index (Phi) is 8.80. The summed E-state index contributed by atoms with van der Waals surface area (Å²) in [6.45, 7) is 3.22. The Morgan fingerprint density at radius 1 is 1.34 bits per heavy atom. The summed E-state index contributed by atoms with van der Waals surface area (Å²) in [7, 11) is 0. The molecule has 4 rings (SSSR count). The Morgan fingerprint density at radius 2 is 2.07 bits per heavy atom. The number of β-lactam (4-membered cyclic amide) rings is 1. The number of hydrogen-bond acceptors (Lipinski definition) is 15. The van der Waals surface area contributed by atoms with Gasteiger partial charge in [0, 0.05) is 16.9 Å². The zero-order chi connectivity index (χ0) is 30.1. The van der Waals surface area contributed by atoms with Crippen molar-refractivity contribution in [2.75, 3.05) is 23.8 Å². The lowest BCUT2D eigenvalue weighted by molar-refractivity contribution is -0.164. The van der Waals surface area contributed by atoms with E-state index in [0.717, 1.165) is 16.2 Å². The van der Waals surface area contributed by atoms with Crippen LogP contribution in [0.5, 0.6) is 0 Å². The third-order valence-corrected chi connectivity index (χ3v) is 9.41. The molecule has 0 spiro atoms. The number of nitrogen functional groups attached to an aromatic ring is 1. The Labute approximate surface area is 245 Å². The smallest absolute Gasteiger partial charge is 0.352 e. The van der Waals surface area contributed by atoms with Crippen molar-refractivity contribution in [1.82, 2.24) is 20.2 Å². The number of amidine groups is 1. The molecule has 0 radical (unpaired) electrons. The van der Waals surface area contributed by atoms with E-state index >= 15 is 0 Å². The molecular weight excluding hydrogens is 598 g/mol. The fourth-order valence-electron chi connectivity index (χ4n) is 3.76. The van der Waals surface area contributed by atoms with E-state index in [1.54, 1.807) is 13.0 Å². The van der Waals surface area contributed by atoms with Gasteiger partial charge in [0.1, 0.15) is 28.6 Å². The van der Waals surface area contributed by atoms with Gasteiger partial charge in [-0.25, -0.2) is 25.4 Å². The maximum absolute atomic E-state index is 13.3. The van der Waals surface area contributed by atoms with Crippen molar-refractivity contribution < 1.29 is 34.2 Å². The summed E-state index contributed by atoms with van der Waals surface area (Å²) in [6.07, 6.45) is 1.68. The molecule has 220 valence electrons.